The van der Waals surface area contributed by atoms with E-state index in [9.17, 15) is 13.7 Å². The van der Waals surface area contributed by atoms with Crippen LogP contribution >= 0.6 is 0 Å². The third-order valence-corrected chi connectivity index (χ3v) is 8.19. The molecular weight excluding hydrogens is 593 g/mol. The van der Waals surface area contributed by atoms with Gasteiger partial charge < -0.3 is 4.42 Å². The SMILES string of the molecule is [2H]c1c([2H])c([2H])c(-c2c([2H])c([2H])c3c(-c4c5c([2H])c([2H])c([2H])c([2H])c5c(-c5ccccc5)c5c([2H])c([2H])c([2H])c([2H])c45)c(-c4c([2H])c([2H])c5c([2H])c([2H])c6c([2H])c([2H])c([2H])c([2H])c6c5c4[2H])oc3c2[2H])c([2H])c1[2H]. The first-order valence-electron chi connectivity index (χ1n) is 27.3. The number of hydrogen-bond donors (Lipinski definition) is 0. The highest BCUT2D eigenvalue weighted by molar-refractivity contribution is 6.25. The van der Waals surface area contributed by atoms with Crippen molar-refractivity contribution in [1.29, 1.82) is 0 Å². The Labute approximate surface area is 319 Å². The zero-order valence-corrected chi connectivity index (χ0v) is 24.8. The fourth-order valence-corrected chi connectivity index (χ4v) is 6.11. The highest BCUT2D eigenvalue weighted by atomic mass is 16.3. The van der Waals surface area contributed by atoms with Crippen molar-refractivity contribution in [3.63, 3.8) is 0 Å². The predicted molar refractivity (Wildman–Crippen MR) is 208 cm³/mol. The molecule has 10 rings (SSSR count). The van der Waals surface area contributed by atoms with Crippen LogP contribution in [-0.4, -0.2) is 0 Å². The Morgan fingerprint density at radius 2 is 0.918 bits per heavy atom. The maximum absolute atomic E-state index is 9.94. The monoisotopic (exact) mass is 647 g/mol. The maximum Gasteiger partial charge on any atom is 0.143 e. The van der Waals surface area contributed by atoms with Gasteiger partial charge in [-0.05, 0) is 83.5 Å². The van der Waals surface area contributed by atoms with Crippen LogP contribution in [0.3, 0.4) is 0 Å². The van der Waals surface area contributed by atoms with Crippen LogP contribution in [0.25, 0.3) is 98.8 Å². The minimum atomic E-state index is -0.982. The van der Waals surface area contributed by atoms with Crippen molar-refractivity contribution in [2.45, 2.75) is 0 Å². The average molecular weight is 648 g/mol. The standard InChI is InChI=1S/C48H30O/c1-3-13-31(14-4-1)35-27-28-42-44(30-35)49-48(36-26-25-33-24-23-32-15-7-8-18-37(32)43(33)29-36)47(42)46-40-21-11-9-19-38(40)45(34-16-5-2-6-17-34)39-20-10-12-22-41(39)46/h1-30H/i1D,3D,4D,7D,8D,9D,10D,11D,12D,13D,14D,15D,18D,19D,20D,21D,22D,23D,24D,25D,26D,27D,28D,29D,30D. The van der Waals surface area contributed by atoms with E-state index in [-0.39, 0.29) is 21.9 Å². The van der Waals surface area contributed by atoms with E-state index in [2.05, 4.69) is 0 Å². The van der Waals surface area contributed by atoms with E-state index in [1.165, 1.54) is 12.1 Å². The molecule has 0 spiro atoms. The second kappa shape index (κ2) is 11.1. The van der Waals surface area contributed by atoms with E-state index in [0.717, 1.165) is 0 Å². The van der Waals surface area contributed by atoms with Gasteiger partial charge in [-0.1, -0.05) is 163 Å². The van der Waals surface area contributed by atoms with Gasteiger partial charge in [0.25, 0.3) is 0 Å². The zero-order chi connectivity index (χ0) is 54.1. The fraction of sp³-hybridized carbons (Fsp3) is 0. The molecule has 0 aliphatic rings. The van der Waals surface area contributed by atoms with Gasteiger partial charge in [0.15, 0.2) is 0 Å². The Bertz CT molecular complexity index is 4190. The number of fused-ring (bicyclic) bond motifs is 6. The fourth-order valence-electron chi connectivity index (χ4n) is 6.11. The molecule has 1 nitrogen and oxygen atoms in total. The highest BCUT2D eigenvalue weighted by Gasteiger charge is 2.24. The molecule has 0 aliphatic carbocycles. The Morgan fingerprint density at radius 1 is 0.347 bits per heavy atom. The molecule has 0 unspecified atom stereocenters. The molecule has 49 heavy (non-hydrogen) atoms. The minimum absolute atomic E-state index is 0.110. The van der Waals surface area contributed by atoms with Gasteiger partial charge in [0.05, 0.1) is 34.3 Å². The smallest absolute Gasteiger partial charge is 0.143 e. The van der Waals surface area contributed by atoms with Gasteiger partial charge in [-0.3, -0.25) is 0 Å². The summed E-state index contributed by atoms with van der Waals surface area (Å²) in [6.07, 6.45) is 0. The highest BCUT2D eigenvalue weighted by Crippen LogP contribution is 2.50. The summed E-state index contributed by atoms with van der Waals surface area (Å²) in [5, 5.41) is -4.59. The summed E-state index contributed by atoms with van der Waals surface area (Å²) in [5.74, 6) is -0.838. The van der Waals surface area contributed by atoms with E-state index in [0.29, 0.717) is 0 Å². The van der Waals surface area contributed by atoms with Gasteiger partial charge in [-0.25, -0.2) is 0 Å². The number of hydrogen-bond acceptors (Lipinski definition) is 1. The predicted octanol–water partition coefficient (Wildman–Crippen LogP) is 13.7. The molecule has 10 aromatic rings. The topological polar surface area (TPSA) is 13.1 Å². The van der Waals surface area contributed by atoms with Crippen LogP contribution in [-0.2, 0) is 0 Å². The summed E-state index contributed by atoms with van der Waals surface area (Å²) in [6.45, 7) is 0. The van der Waals surface area contributed by atoms with Crippen LogP contribution in [0.1, 0.15) is 34.3 Å². The molecule has 0 aliphatic heterocycles. The Morgan fingerprint density at radius 3 is 1.63 bits per heavy atom. The van der Waals surface area contributed by atoms with Crippen LogP contribution in [0.15, 0.2) is 186 Å². The van der Waals surface area contributed by atoms with Gasteiger partial charge in [0.1, 0.15) is 11.3 Å². The van der Waals surface area contributed by atoms with Crippen LogP contribution in [0, 0.1) is 0 Å². The van der Waals surface area contributed by atoms with E-state index in [1.807, 2.05) is 0 Å². The van der Waals surface area contributed by atoms with Gasteiger partial charge in [-0.15, -0.1) is 0 Å². The van der Waals surface area contributed by atoms with Crippen LogP contribution < -0.4 is 0 Å². The summed E-state index contributed by atoms with van der Waals surface area (Å²) < 4.78 is 233. The molecule has 0 atom stereocenters. The van der Waals surface area contributed by atoms with E-state index < -0.39 is 228 Å². The molecule has 228 valence electrons. The molecule has 0 bridgehead atoms. The molecule has 0 fully saturated rings. The third kappa shape index (κ3) is 4.40. The summed E-state index contributed by atoms with van der Waals surface area (Å²) in [6, 6.07) is -13.5. The molecule has 0 N–H and O–H groups in total. The quantitative estimate of drug-likeness (QED) is 0.137. The lowest BCUT2D eigenvalue weighted by molar-refractivity contribution is 0.633. The lowest BCUT2D eigenvalue weighted by Crippen LogP contribution is -1.91. The number of furan rings is 1. The van der Waals surface area contributed by atoms with E-state index >= 15 is 0 Å². The maximum atomic E-state index is 9.94. The molecule has 1 heteroatoms. The second-order valence-corrected chi connectivity index (χ2v) is 10.9. The molecule has 0 saturated carbocycles. The largest absolute Gasteiger partial charge is 0.455 e. The summed E-state index contributed by atoms with van der Waals surface area (Å²) in [5.41, 5.74) is -4.18. The molecule has 0 saturated heterocycles. The number of benzene rings is 9. The van der Waals surface area contributed by atoms with Gasteiger partial charge in [0.2, 0.25) is 0 Å². The van der Waals surface area contributed by atoms with Crippen molar-refractivity contribution in [3.8, 4) is 44.7 Å². The molecule has 9 aromatic carbocycles. The van der Waals surface area contributed by atoms with Crippen molar-refractivity contribution < 1.29 is 38.7 Å². The first-order valence-corrected chi connectivity index (χ1v) is 14.8. The van der Waals surface area contributed by atoms with Crippen molar-refractivity contribution in [2.75, 3.05) is 0 Å². The van der Waals surface area contributed by atoms with Gasteiger partial charge in [-0.2, -0.15) is 0 Å². The number of rotatable bonds is 4. The molecular formula is C48H30O. The molecule has 1 heterocycles. The van der Waals surface area contributed by atoms with Crippen molar-refractivity contribution in [2.24, 2.45) is 0 Å². The lowest BCUT2D eigenvalue weighted by atomic mass is 9.84. The molecule has 1 aromatic heterocycles. The van der Waals surface area contributed by atoms with Crippen LogP contribution in [0.5, 0.6) is 0 Å². The minimum Gasteiger partial charge on any atom is -0.455 e. The van der Waals surface area contributed by atoms with Crippen molar-refractivity contribution in [1.82, 2.24) is 0 Å². The van der Waals surface area contributed by atoms with Crippen LogP contribution in [0.4, 0.5) is 0 Å². The summed E-state index contributed by atoms with van der Waals surface area (Å²) >= 11 is 0. The van der Waals surface area contributed by atoms with E-state index in [1.54, 1.807) is 18.2 Å². The van der Waals surface area contributed by atoms with Crippen molar-refractivity contribution >= 4 is 54.1 Å². The zero-order valence-electron chi connectivity index (χ0n) is 49.8. The first-order chi connectivity index (χ1) is 34.7. The van der Waals surface area contributed by atoms with Crippen LogP contribution in [0.2, 0.25) is 0 Å². The molecule has 0 amide bonds. The Hall–Kier alpha value is -6.44. The van der Waals surface area contributed by atoms with Crippen molar-refractivity contribution in [3.05, 3.63) is 181 Å². The summed E-state index contributed by atoms with van der Waals surface area (Å²) in [4.78, 5) is 0. The van der Waals surface area contributed by atoms with Gasteiger partial charge in [0, 0.05) is 22.1 Å². The first kappa shape index (κ1) is 12.5. The van der Waals surface area contributed by atoms with E-state index in [4.69, 9.17) is 25.0 Å². The Balaban J connectivity index is 1.58. The summed E-state index contributed by atoms with van der Waals surface area (Å²) in [7, 11) is 0. The lowest BCUT2D eigenvalue weighted by Gasteiger charge is -2.18. The third-order valence-electron chi connectivity index (χ3n) is 8.19. The average Bonchev–Trinajstić information content (AvgIpc) is 3.77. The molecule has 0 radical (unpaired) electrons. The normalized spacial score (nSPS) is 18.8. The Kier molecular flexibility index (Phi) is 2.84. The second-order valence-electron chi connectivity index (χ2n) is 10.9. The van der Waals surface area contributed by atoms with Gasteiger partial charge >= 0.3 is 0 Å².